The highest BCUT2D eigenvalue weighted by molar-refractivity contribution is 5.74. The van der Waals surface area contributed by atoms with Crippen molar-refractivity contribution in [1.82, 2.24) is 10.2 Å². The molecule has 126 valence electrons. The Morgan fingerprint density at radius 1 is 1.22 bits per heavy atom. The van der Waals surface area contributed by atoms with Gasteiger partial charge in [-0.1, -0.05) is 50.5 Å². The van der Waals surface area contributed by atoms with Crippen LogP contribution in [0.4, 0.5) is 4.79 Å². The summed E-state index contributed by atoms with van der Waals surface area (Å²) in [5.41, 5.74) is 2.49. The summed E-state index contributed by atoms with van der Waals surface area (Å²) in [4.78, 5) is 14.4. The Labute approximate surface area is 139 Å². The number of urea groups is 1. The Kier molecular flexibility index (Phi) is 5.55. The highest BCUT2D eigenvalue weighted by atomic mass is 16.5. The quantitative estimate of drug-likeness (QED) is 0.924. The molecule has 3 rings (SSSR count). The fourth-order valence-electron chi connectivity index (χ4n) is 3.52. The molecule has 0 radical (unpaired) electrons. The van der Waals surface area contributed by atoms with Crippen molar-refractivity contribution < 1.29 is 9.53 Å². The molecule has 0 aromatic heterocycles. The number of benzene rings is 1. The van der Waals surface area contributed by atoms with Gasteiger partial charge in [0.25, 0.3) is 0 Å². The molecule has 1 saturated heterocycles. The third kappa shape index (κ3) is 4.25. The van der Waals surface area contributed by atoms with Crippen LogP contribution < -0.4 is 5.32 Å². The summed E-state index contributed by atoms with van der Waals surface area (Å²) in [6.07, 6.45) is 7.06. The van der Waals surface area contributed by atoms with E-state index in [0.717, 1.165) is 24.8 Å². The van der Waals surface area contributed by atoms with E-state index in [1.54, 1.807) is 0 Å². The molecule has 0 spiro atoms. The maximum absolute atomic E-state index is 12.5. The first-order valence-corrected chi connectivity index (χ1v) is 9.02. The third-order valence-electron chi connectivity index (χ3n) is 5.05. The van der Waals surface area contributed by atoms with Crippen LogP contribution in [0.1, 0.15) is 56.3 Å². The van der Waals surface area contributed by atoms with Crippen LogP contribution >= 0.6 is 0 Å². The van der Waals surface area contributed by atoms with E-state index in [1.807, 2.05) is 4.90 Å². The molecular weight excluding hydrogens is 288 g/mol. The van der Waals surface area contributed by atoms with Crippen LogP contribution in [-0.4, -0.2) is 36.7 Å². The van der Waals surface area contributed by atoms with Gasteiger partial charge in [-0.2, -0.15) is 0 Å². The first kappa shape index (κ1) is 16.3. The lowest BCUT2D eigenvalue weighted by molar-refractivity contribution is -0.0159. The Bertz CT molecular complexity index is 509. The number of hydrogen-bond donors (Lipinski definition) is 1. The largest absolute Gasteiger partial charge is 0.370 e. The molecule has 1 aliphatic carbocycles. The molecule has 1 saturated carbocycles. The number of aryl methyl sites for hydroxylation is 1. The molecule has 0 bridgehead atoms. The van der Waals surface area contributed by atoms with Gasteiger partial charge < -0.3 is 15.0 Å². The summed E-state index contributed by atoms with van der Waals surface area (Å²) in [6.45, 7) is 4.09. The van der Waals surface area contributed by atoms with Crippen LogP contribution in [0.25, 0.3) is 0 Å². The van der Waals surface area contributed by atoms with Gasteiger partial charge in [0.05, 0.1) is 13.2 Å². The van der Waals surface area contributed by atoms with Gasteiger partial charge in [0, 0.05) is 12.6 Å². The predicted octanol–water partition coefficient (Wildman–Crippen LogP) is 3.66. The summed E-state index contributed by atoms with van der Waals surface area (Å²) in [5, 5.41) is 3.21. The lowest BCUT2D eigenvalue weighted by atomic mass is 9.96. The van der Waals surface area contributed by atoms with E-state index in [-0.39, 0.29) is 12.1 Å². The summed E-state index contributed by atoms with van der Waals surface area (Å²) >= 11 is 0. The molecule has 1 aromatic rings. The number of morpholine rings is 1. The zero-order valence-corrected chi connectivity index (χ0v) is 14.1. The maximum atomic E-state index is 12.5. The van der Waals surface area contributed by atoms with Gasteiger partial charge in [-0.05, 0) is 30.4 Å². The molecule has 1 aromatic carbocycles. The number of nitrogens with one attached hydrogen (secondary N) is 1. The minimum Gasteiger partial charge on any atom is -0.370 e. The van der Waals surface area contributed by atoms with Gasteiger partial charge in [-0.25, -0.2) is 4.79 Å². The molecule has 23 heavy (non-hydrogen) atoms. The smallest absolute Gasteiger partial charge is 0.317 e. The average molecular weight is 316 g/mol. The van der Waals surface area contributed by atoms with E-state index < -0.39 is 0 Å². The first-order chi connectivity index (χ1) is 11.3. The summed E-state index contributed by atoms with van der Waals surface area (Å²) in [7, 11) is 0. The van der Waals surface area contributed by atoms with Crippen molar-refractivity contribution >= 4 is 6.03 Å². The molecule has 4 heteroatoms. The molecule has 1 heterocycles. The lowest BCUT2D eigenvalue weighted by Gasteiger charge is -2.35. The SMILES string of the molecule is CCc1ccc(C2CN(C(=O)NC3CCCCC3)CCO2)cc1. The second-order valence-electron chi connectivity index (χ2n) is 6.69. The van der Waals surface area contributed by atoms with Crippen molar-refractivity contribution in [3.05, 3.63) is 35.4 Å². The monoisotopic (exact) mass is 316 g/mol. The Balaban J connectivity index is 1.57. The minimum atomic E-state index is -0.00763. The van der Waals surface area contributed by atoms with Crippen LogP contribution in [0.15, 0.2) is 24.3 Å². The van der Waals surface area contributed by atoms with Crippen molar-refractivity contribution in [2.45, 2.75) is 57.6 Å². The number of ether oxygens (including phenoxy) is 1. The van der Waals surface area contributed by atoms with Crippen LogP contribution in [0.2, 0.25) is 0 Å². The van der Waals surface area contributed by atoms with Crippen LogP contribution in [0.3, 0.4) is 0 Å². The van der Waals surface area contributed by atoms with Gasteiger partial charge in [-0.15, -0.1) is 0 Å². The Hall–Kier alpha value is -1.55. The molecule has 2 aliphatic rings. The van der Waals surface area contributed by atoms with E-state index in [4.69, 9.17) is 4.74 Å². The van der Waals surface area contributed by atoms with E-state index >= 15 is 0 Å². The maximum Gasteiger partial charge on any atom is 0.317 e. The number of nitrogens with zero attached hydrogens (tertiary/aromatic N) is 1. The number of hydrogen-bond acceptors (Lipinski definition) is 2. The van der Waals surface area contributed by atoms with Crippen molar-refractivity contribution in [3.8, 4) is 0 Å². The van der Waals surface area contributed by atoms with Crippen LogP contribution in [0.5, 0.6) is 0 Å². The van der Waals surface area contributed by atoms with Gasteiger partial charge in [0.15, 0.2) is 0 Å². The summed E-state index contributed by atoms with van der Waals surface area (Å²) in [6, 6.07) is 9.01. The topological polar surface area (TPSA) is 41.6 Å². The van der Waals surface area contributed by atoms with Crippen molar-refractivity contribution in [2.24, 2.45) is 0 Å². The van der Waals surface area contributed by atoms with Crippen molar-refractivity contribution in [1.29, 1.82) is 0 Å². The molecule has 2 amide bonds. The number of rotatable bonds is 3. The molecule has 1 atom stereocenters. The van der Waals surface area contributed by atoms with E-state index in [0.29, 0.717) is 25.7 Å². The number of carbonyl (C=O) groups excluding carboxylic acids is 1. The molecule has 1 aliphatic heterocycles. The third-order valence-corrected chi connectivity index (χ3v) is 5.05. The molecule has 4 nitrogen and oxygen atoms in total. The lowest BCUT2D eigenvalue weighted by Crippen LogP contribution is -2.50. The Morgan fingerprint density at radius 3 is 2.65 bits per heavy atom. The zero-order valence-electron chi connectivity index (χ0n) is 14.1. The van der Waals surface area contributed by atoms with Crippen LogP contribution in [0, 0.1) is 0 Å². The first-order valence-electron chi connectivity index (χ1n) is 9.02. The molecule has 2 fully saturated rings. The standard InChI is InChI=1S/C19H28N2O2/c1-2-15-8-10-16(11-9-15)18-14-21(12-13-23-18)19(22)20-17-6-4-3-5-7-17/h8-11,17-18H,2-7,12-14H2,1H3,(H,20,22). The summed E-state index contributed by atoms with van der Waals surface area (Å²) in [5.74, 6) is 0. The van der Waals surface area contributed by atoms with Crippen LogP contribution in [-0.2, 0) is 11.2 Å². The average Bonchev–Trinajstić information content (AvgIpc) is 2.63. The van der Waals surface area contributed by atoms with Crippen molar-refractivity contribution in [3.63, 3.8) is 0 Å². The number of carbonyl (C=O) groups is 1. The van der Waals surface area contributed by atoms with E-state index in [9.17, 15) is 4.79 Å². The second-order valence-corrected chi connectivity index (χ2v) is 6.69. The molecule has 1 unspecified atom stereocenters. The number of amides is 2. The van der Waals surface area contributed by atoms with Gasteiger partial charge >= 0.3 is 6.03 Å². The second kappa shape index (κ2) is 7.82. The summed E-state index contributed by atoms with van der Waals surface area (Å²) < 4.78 is 5.89. The highest BCUT2D eigenvalue weighted by Gasteiger charge is 2.27. The molecular formula is C19H28N2O2. The van der Waals surface area contributed by atoms with Gasteiger partial charge in [-0.3, -0.25) is 0 Å². The fourth-order valence-corrected chi connectivity index (χ4v) is 3.52. The van der Waals surface area contributed by atoms with E-state index in [1.165, 1.54) is 24.8 Å². The minimum absolute atomic E-state index is 0.00763. The highest BCUT2D eigenvalue weighted by Crippen LogP contribution is 2.23. The predicted molar refractivity (Wildman–Crippen MR) is 91.5 cm³/mol. The van der Waals surface area contributed by atoms with Gasteiger partial charge in [0.1, 0.15) is 6.10 Å². The normalized spacial score (nSPS) is 22.8. The van der Waals surface area contributed by atoms with Gasteiger partial charge in [0.2, 0.25) is 0 Å². The van der Waals surface area contributed by atoms with Crippen molar-refractivity contribution in [2.75, 3.05) is 19.7 Å². The van der Waals surface area contributed by atoms with E-state index in [2.05, 4.69) is 36.5 Å². The molecule has 1 N–H and O–H groups in total. The zero-order chi connectivity index (χ0) is 16.1. The Morgan fingerprint density at radius 2 is 1.96 bits per heavy atom. The fraction of sp³-hybridized carbons (Fsp3) is 0.632.